The summed E-state index contributed by atoms with van der Waals surface area (Å²) in [5, 5.41) is 2.84. The monoisotopic (exact) mass is 296 g/mol. The van der Waals surface area contributed by atoms with E-state index in [0.29, 0.717) is 4.88 Å². The lowest BCUT2D eigenvalue weighted by Gasteiger charge is -2.05. The van der Waals surface area contributed by atoms with Gasteiger partial charge in [-0.05, 0) is 35.0 Å². The second-order valence-electron chi connectivity index (χ2n) is 3.20. The minimum Gasteiger partial charge on any atom is -0.320 e. The van der Waals surface area contributed by atoms with Gasteiger partial charge < -0.3 is 5.32 Å². The van der Waals surface area contributed by atoms with Crippen molar-refractivity contribution in [2.75, 3.05) is 5.32 Å². The van der Waals surface area contributed by atoms with Crippen molar-refractivity contribution in [2.45, 2.75) is 6.92 Å². The zero-order valence-corrected chi connectivity index (χ0v) is 10.9. The van der Waals surface area contributed by atoms with E-state index in [9.17, 15) is 4.79 Å². The van der Waals surface area contributed by atoms with Gasteiger partial charge in [-0.1, -0.05) is 12.1 Å². The van der Waals surface area contributed by atoms with Gasteiger partial charge >= 0.3 is 0 Å². The first-order chi connectivity index (χ1) is 7.68. The second-order valence-corrected chi connectivity index (χ2v) is 4.91. The summed E-state index contributed by atoms with van der Waals surface area (Å²) in [5.74, 6) is -0.119. The third-order valence-corrected chi connectivity index (χ3v) is 3.69. The van der Waals surface area contributed by atoms with E-state index in [1.165, 1.54) is 11.3 Å². The van der Waals surface area contributed by atoms with Gasteiger partial charge in [0.25, 0.3) is 5.91 Å². The quantitative estimate of drug-likeness (QED) is 0.922. The lowest BCUT2D eigenvalue weighted by Crippen LogP contribution is -2.11. The number of halogens is 1. The molecule has 2 aromatic rings. The summed E-state index contributed by atoms with van der Waals surface area (Å²) in [7, 11) is 0. The van der Waals surface area contributed by atoms with Crippen LogP contribution < -0.4 is 5.32 Å². The number of aromatic nitrogens is 1. The van der Waals surface area contributed by atoms with Crippen LogP contribution >= 0.6 is 27.3 Å². The maximum absolute atomic E-state index is 11.9. The smallest absolute Gasteiger partial charge is 0.267 e. The van der Waals surface area contributed by atoms with E-state index in [2.05, 4.69) is 26.2 Å². The fourth-order valence-corrected chi connectivity index (χ4v) is 2.34. The van der Waals surface area contributed by atoms with Gasteiger partial charge in [0.15, 0.2) is 0 Å². The number of rotatable bonds is 2. The molecule has 0 aliphatic heterocycles. The van der Waals surface area contributed by atoms with Crippen molar-refractivity contribution in [2.24, 2.45) is 0 Å². The number of nitrogens with one attached hydrogen (secondary N) is 1. The molecule has 16 heavy (non-hydrogen) atoms. The number of amides is 1. The normalized spacial score (nSPS) is 10.1. The molecule has 5 heteroatoms. The number of benzene rings is 1. The van der Waals surface area contributed by atoms with E-state index >= 15 is 0 Å². The van der Waals surface area contributed by atoms with E-state index in [1.807, 2.05) is 31.2 Å². The summed E-state index contributed by atoms with van der Waals surface area (Å²) in [6.45, 7) is 1.82. The molecule has 0 spiro atoms. The van der Waals surface area contributed by atoms with E-state index < -0.39 is 0 Å². The van der Waals surface area contributed by atoms with Crippen molar-refractivity contribution in [3.05, 3.63) is 44.8 Å². The number of carbonyl (C=O) groups is 1. The molecule has 0 radical (unpaired) electrons. The Morgan fingerprint density at radius 3 is 2.81 bits per heavy atom. The Labute approximate surface area is 106 Å². The summed E-state index contributed by atoms with van der Waals surface area (Å²) < 4.78 is 0.866. The molecule has 0 fully saturated rings. The lowest BCUT2D eigenvalue weighted by atomic mass is 10.3. The molecule has 2 rings (SSSR count). The minimum atomic E-state index is -0.119. The maximum atomic E-state index is 11.9. The molecule has 82 valence electrons. The molecule has 0 aliphatic carbocycles. The Balaban J connectivity index is 2.21. The Kier molecular flexibility index (Phi) is 3.36. The molecule has 1 aromatic heterocycles. The minimum absolute atomic E-state index is 0.119. The molecule has 0 bridgehead atoms. The standard InChI is InChI=1S/C11H9BrN2OS/c1-7-10(16-6-13-7)11(15)14-9-5-3-2-4-8(9)12/h2-6H,1H3,(H,14,15). The van der Waals surface area contributed by atoms with Crippen molar-refractivity contribution in [1.29, 1.82) is 0 Å². The molecule has 1 heterocycles. The SMILES string of the molecule is Cc1ncsc1C(=O)Nc1ccccc1Br. The number of anilines is 1. The highest BCUT2D eigenvalue weighted by molar-refractivity contribution is 9.10. The Bertz CT molecular complexity index is 524. The molecule has 1 aromatic carbocycles. The number of hydrogen-bond donors (Lipinski definition) is 1. The molecule has 1 amide bonds. The Morgan fingerprint density at radius 1 is 1.44 bits per heavy atom. The first-order valence-corrected chi connectivity index (χ1v) is 6.31. The van der Waals surface area contributed by atoms with Crippen molar-refractivity contribution in [3.8, 4) is 0 Å². The Hall–Kier alpha value is -1.20. The van der Waals surface area contributed by atoms with Gasteiger partial charge in [-0.2, -0.15) is 0 Å². The van der Waals surface area contributed by atoms with Gasteiger partial charge in [0.2, 0.25) is 0 Å². The number of nitrogens with zero attached hydrogens (tertiary/aromatic N) is 1. The van der Waals surface area contributed by atoms with Gasteiger partial charge in [-0.15, -0.1) is 11.3 Å². The maximum Gasteiger partial charge on any atom is 0.267 e. The molecule has 0 saturated carbocycles. The van der Waals surface area contributed by atoms with Crippen LogP contribution in [0, 0.1) is 6.92 Å². The van der Waals surface area contributed by atoms with Crippen LogP contribution in [0.5, 0.6) is 0 Å². The van der Waals surface area contributed by atoms with Crippen LogP contribution in [0.4, 0.5) is 5.69 Å². The predicted octanol–water partition coefficient (Wildman–Crippen LogP) is 3.47. The zero-order chi connectivity index (χ0) is 11.5. The van der Waals surface area contributed by atoms with Crippen LogP contribution in [-0.2, 0) is 0 Å². The largest absolute Gasteiger partial charge is 0.320 e. The zero-order valence-electron chi connectivity index (χ0n) is 8.53. The van der Waals surface area contributed by atoms with E-state index in [0.717, 1.165) is 15.9 Å². The molecular formula is C11H9BrN2OS. The van der Waals surface area contributed by atoms with E-state index in [-0.39, 0.29) is 5.91 Å². The fraction of sp³-hybridized carbons (Fsp3) is 0.0909. The first-order valence-electron chi connectivity index (χ1n) is 4.64. The Morgan fingerprint density at radius 2 is 2.19 bits per heavy atom. The van der Waals surface area contributed by atoms with Crippen LogP contribution in [0.15, 0.2) is 34.2 Å². The third-order valence-electron chi connectivity index (χ3n) is 2.07. The van der Waals surface area contributed by atoms with Crippen LogP contribution in [0.1, 0.15) is 15.4 Å². The van der Waals surface area contributed by atoms with Gasteiger partial charge in [0, 0.05) is 4.47 Å². The van der Waals surface area contributed by atoms with Crippen molar-refractivity contribution >= 4 is 38.9 Å². The summed E-state index contributed by atoms with van der Waals surface area (Å²) in [6.07, 6.45) is 0. The molecular weight excluding hydrogens is 288 g/mol. The van der Waals surface area contributed by atoms with Crippen molar-refractivity contribution in [3.63, 3.8) is 0 Å². The van der Waals surface area contributed by atoms with Gasteiger partial charge in [0.1, 0.15) is 4.88 Å². The van der Waals surface area contributed by atoms with Gasteiger partial charge in [-0.25, -0.2) is 4.98 Å². The van der Waals surface area contributed by atoms with Crippen molar-refractivity contribution < 1.29 is 4.79 Å². The van der Waals surface area contributed by atoms with Crippen LogP contribution in [-0.4, -0.2) is 10.9 Å². The summed E-state index contributed by atoms with van der Waals surface area (Å²) in [6, 6.07) is 7.51. The molecule has 0 atom stereocenters. The van der Waals surface area contributed by atoms with Crippen LogP contribution in [0.25, 0.3) is 0 Å². The highest BCUT2D eigenvalue weighted by Crippen LogP contribution is 2.23. The number of aryl methyl sites for hydroxylation is 1. The molecule has 1 N–H and O–H groups in total. The average molecular weight is 297 g/mol. The molecule has 0 unspecified atom stereocenters. The summed E-state index contributed by atoms with van der Waals surface area (Å²) >= 11 is 4.72. The molecule has 0 saturated heterocycles. The summed E-state index contributed by atoms with van der Waals surface area (Å²) in [5.41, 5.74) is 3.19. The molecule has 0 aliphatic rings. The number of hydrogen-bond acceptors (Lipinski definition) is 3. The average Bonchev–Trinajstić information content (AvgIpc) is 2.68. The highest BCUT2D eigenvalue weighted by atomic mass is 79.9. The lowest BCUT2D eigenvalue weighted by molar-refractivity contribution is 0.103. The van der Waals surface area contributed by atoms with E-state index in [1.54, 1.807) is 5.51 Å². The fourth-order valence-electron chi connectivity index (χ4n) is 1.26. The van der Waals surface area contributed by atoms with Crippen LogP contribution in [0.3, 0.4) is 0 Å². The predicted molar refractivity (Wildman–Crippen MR) is 68.9 cm³/mol. The van der Waals surface area contributed by atoms with Crippen molar-refractivity contribution in [1.82, 2.24) is 4.98 Å². The number of para-hydroxylation sites is 1. The first kappa shape index (κ1) is 11.3. The number of carbonyl (C=O) groups excluding carboxylic acids is 1. The second kappa shape index (κ2) is 4.76. The van der Waals surface area contributed by atoms with Gasteiger partial charge in [-0.3, -0.25) is 4.79 Å². The highest BCUT2D eigenvalue weighted by Gasteiger charge is 2.12. The molecule has 3 nitrogen and oxygen atoms in total. The van der Waals surface area contributed by atoms with Crippen LogP contribution in [0.2, 0.25) is 0 Å². The number of thiazole rings is 1. The van der Waals surface area contributed by atoms with E-state index in [4.69, 9.17) is 0 Å². The van der Waals surface area contributed by atoms with Gasteiger partial charge in [0.05, 0.1) is 16.9 Å². The summed E-state index contributed by atoms with van der Waals surface area (Å²) in [4.78, 5) is 16.6. The topological polar surface area (TPSA) is 42.0 Å². The third kappa shape index (κ3) is 2.31.